The molecule has 4 aromatic heterocycles. The summed E-state index contributed by atoms with van der Waals surface area (Å²) in [5.74, 6) is 0.0114. The smallest absolute Gasteiger partial charge is 0.387 e. The lowest BCUT2D eigenvalue weighted by Crippen LogP contribution is -2.33. The van der Waals surface area contributed by atoms with E-state index in [1.165, 1.54) is 10.9 Å². The lowest BCUT2D eigenvalue weighted by atomic mass is 10.1. The second-order valence-electron chi connectivity index (χ2n) is 10.4. The summed E-state index contributed by atoms with van der Waals surface area (Å²) < 4.78 is 67.7. The highest BCUT2D eigenvalue weighted by atomic mass is 31.3. The molecule has 2 aliphatic heterocycles. The number of rotatable bonds is 12. The minimum atomic E-state index is -5.95. The van der Waals surface area contributed by atoms with Gasteiger partial charge in [-0.1, -0.05) is 0 Å². The van der Waals surface area contributed by atoms with E-state index < -0.39 is 91.3 Å². The molecule has 4 aromatic rings. The Hall–Kier alpha value is -3.13. The molecule has 0 saturated carbocycles. The number of nitrogens with one attached hydrogen (secondary N) is 1. The molecule has 0 amide bonds. The predicted molar refractivity (Wildman–Crippen MR) is 153 cm³/mol. The van der Waals surface area contributed by atoms with Crippen molar-refractivity contribution in [3.63, 3.8) is 0 Å². The molecule has 2 fully saturated rings. The van der Waals surface area contributed by atoms with Crippen LogP contribution >= 0.6 is 23.5 Å². The molecule has 6 heterocycles. The van der Waals surface area contributed by atoms with Crippen molar-refractivity contribution in [2.75, 3.05) is 18.9 Å². The molecule has 3 unspecified atom stereocenters. The van der Waals surface area contributed by atoms with Crippen molar-refractivity contribution in [1.82, 2.24) is 39.0 Å². The molecule has 11 atom stereocenters. The van der Waals surface area contributed by atoms with Crippen LogP contribution in [-0.4, -0.2) is 124 Å². The minimum Gasteiger partial charge on any atom is -0.387 e. The zero-order chi connectivity index (χ0) is 35.5. The van der Waals surface area contributed by atoms with E-state index in [0.29, 0.717) is 0 Å². The van der Waals surface area contributed by atoms with E-state index in [2.05, 4.69) is 47.6 Å². The number of nitrogens with zero attached hydrogens (tertiary/aromatic N) is 7. The van der Waals surface area contributed by atoms with Crippen molar-refractivity contribution in [2.45, 2.75) is 49.1 Å². The number of H-pyrrole nitrogens is 1. The summed E-state index contributed by atoms with van der Waals surface area (Å²) >= 11 is 0. The third kappa shape index (κ3) is 7.22. The number of imidazole rings is 2. The third-order valence-electron chi connectivity index (χ3n) is 7.19. The van der Waals surface area contributed by atoms with Gasteiger partial charge in [0.2, 0.25) is 0 Å². The fourth-order valence-electron chi connectivity index (χ4n) is 4.96. The number of nitrogen functional groups attached to an aromatic ring is 1. The van der Waals surface area contributed by atoms with Crippen molar-refractivity contribution in [1.29, 1.82) is 0 Å². The number of hydrogen-bond donors (Lipinski definition) is 9. The maximum atomic E-state index is 12.4. The maximum Gasteiger partial charge on any atom is 0.490 e. The highest BCUT2D eigenvalue weighted by molar-refractivity contribution is 7.66. The normalized spacial score (nSPS) is 31.2. The summed E-state index contributed by atoms with van der Waals surface area (Å²) in [6, 6.07) is 0. The molecule has 0 aromatic carbocycles. The molecule has 0 aliphatic carbocycles. The highest BCUT2D eigenvalue weighted by Crippen LogP contribution is 2.67. The molecule has 0 radical (unpaired) electrons. The summed E-state index contributed by atoms with van der Waals surface area (Å²) in [5, 5.41) is 41.7. The van der Waals surface area contributed by atoms with Gasteiger partial charge in [0.1, 0.15) is 48.5 Å². The van der Waals surface area contributed by atoms with Gasteiger partial charge in [-0.3, -0.25) is 23.0 Å². The molecule has 268 valence electrons. The predicted octanol–water partition coefficient (Wildman–Crippen LogP) is -2.85. The summed E-state index contributed by atoms with van der Waals surface area (Å²) in [5.41, 5.74) is 5.23. The standard InChI is InChI=1S/C20H26N9O17P3/c21-15-9-16(23-3-22-15)28(5-26-9)19-13(32)11(30)7(43-19)1-41-47(35,36)45-49(39,40)46-48(37,38)42-2-8-12(31)14(33)20(44-8)29-6-27-10-17(29)24-4-25-18(10)34/h3-8,11-14,19-20,30-33H,1-2H2,(H,35,36)(H,37,38)(H,39,40)(H2,21,22,23)(H,24,25,34)/t7-,8+,11-,12+,13-,14+,19-,20+/m0/s1. The second-order valence-corrected chi connectivity index (χ2v) is 15.0. The van der Waals surface area contributed by atoms with Gasteiger partial charge in [-0.05, 0) is 0 Å². The Morgan fingerprint density at radius 3 is 1.76 bits per heavy atom. The van der Waals surface area contributed by atoms with Crippen molar-refractivity contribution >= 4 is 51.6 Å². The van der Waals surface area contributed by atoms with Crippen LogP contribution in [-0.2, 0) is 40.8 Å². The number of phosphoric ester groups is 2. The van der Waals surface area contributed by atoms with Crippen LogP contribution in [0.3, 0.4) is 0 Å². The van der Waals surface area contributed by atoms with Crippen LogP contribution in [0.2, 0.25) is 0 Å². The van der Waals surface area contributed by atoms with Crippen LogP contribution in [0.15, 0.2) is 30.1 Å². The van der Waals surface area contributed by atoms with Gasteiger partial charge in [-0.2, -0.15) is 8.62 Å². The van der Waals surface area contributed by atoms with E-state index in [-0.39, 0.29) is 28.1 Å². The Bertz CT molecular complexity index is 2060. The SMILES string of the molecule is Nc1ncnc2c1ncn2[C@H]1O[C@@H](COP(=O)(O)OP(=O)(O)OP(=O)(O)OC[C@H]2O[C@@H](n3cnc4c(=O)[nH]cnc43)[C@H](O)[C@@H]2O)[C@H](O)[C@@H]1O. The van der Waals surface area contributed by atoms with E-state index in [4.69, 9.17) is 15.2 Å². The molecule has 10 N–H and O–H groups in total. The molecular weight excluding hydrogens is 731 g/mol. The molecule has 26 nitrogen and oxygen atoms in total. The van der Waals surface area contributed by atoms with Gasteiger partial charge in [-0.25, -0.2) is 38.6 Å². The van der Waals surface area contributed by atoms with Gasteiger partial charge in [0, 0.05) is 0 Å². The number of fused-ring (bicyclic) bond motifs is 2. The number of phosphoric acid groups is 3. The molecule has 29 heteroatoms. The number of nitrogens with two attached hydrogens (primary N) is 1. The van der Waals surface area contributed by atoms with Gasteiger partial charge in [-0.15, -0.1) is 0 Å². The average molecular weight is 757 g/mol. The topological polar surface area (TPSA) is 381 Å². The fourth-order valence-corrected chi connectivity index (χ4v) is 8.48. The van der Waals surface area contributed by atoms with E-state index in [9.17, 15) is 53.6 Å². The largest absolute Gasteiger partial charge is 0.490 e. The van der Waals surface area contributed by atoms with Gasteiger partial charge in [0.05, 0.1) is 32.2 Å². The molecule has 0 spiro atoms. The summed E-state index contributed by atoms with van der Waals surface area (Å²) in [7, 11) is -17.2. The fraction of sp³-hybridized carbons (Fsp3) is 0.500. The number of aliphatic hydroxyl groups is 4. The molecule has 6 rings (SSSR count). The van der Waals surface area contributed by atoms with Crippen LogP contribution in [0.1, 0.15) is 12.5 Å². The van der Waals surface area contributed by atoms with Crippen molar-refractivity contribution < 1.29 is 75.9 Å². The van der Waals surface area contributed by atoms with Crippen molar-refractivity contribution in [3.8, 4) is 0 Å². The maximum absolute atomic E-state index is 12.4. The number of ether oxygens (including phenoxy) is 2. The molecule has 2 aliphatic rings. The Morgan fingerprint density at radius 2 is 1.22 bits per heavy atom. The average Bonchev–Trinajstić information content (AvgIpc) is 3.77. The Kier molecular flexibility index (Phi) is 9.62. The number of aliphatic hydroxyl groups excluding tert-OH is 4. The third-order valence-corrected chi connectivity index (χ3v) is 11.4. The first-order chi connectivity index (χ1) is 23.0. The molecule has 49 heavy (non-hydrogen) atoms. The van der Waals surface area contributed by atoms with E-state index in [1.54, 1.807) is 0 Å². The summed E-state index contributed by atoms with van der Waals surface area (Å²) in [4.78, 5) is 63.6. The van der Waals surface area contributed by atoms with Gasteiger partial charge in [0.25, 0.3) is 5.56 Å². The van der Waals surface area contributed by atoms with Crippen molar-refractivity contribution in [2.24, 2.45) is 0 Å². The molecular formula is C20H26N9O17P3. The highest BCUT2D eigenvalue weighted by Gasteiger charge is 2.49. The first-order valence-corrected chi connectivity index (χ1v) is 18.0. The number of aromatic nitrogens is 8. The Balaban J connectivity index is 1.03. The number of aromatic amines is 1. The summed E-state index contributed by atoms with van der Waals surface area (Å²) in [6.07, 6.45) is -8.36. The summed E-state index contributed by atoms with van der Waals surface area (Å²) in [6.45, 7) is -2.09. The number of anilines is 1. The zero-order valence-corrected chi connectivity index (χ0v) is 26.8. The quantitative estimate of drug-likeness (QED) is 0.0656. The van der Waals surface area contributed by atoms with Crippen LogP contribution in [0, 0.1) is 0 Å². The van der Waals surface area contributed by atoms with Crippen LogP contribution < -0.4 is 11.3 Å². The molecule has 2 saturated heterocycles. The first kappa shape index (κ1) is 35.7. The van der Waals surface area contributed by atoms with Crippen molar-refractivity contribution in [3.05, 3.63) is 35.7 Å². The van der Waals surface area contributed by atoms with E-state index in [1.807, 2.05) is 0 Å². The number of hydrogen-bond acceptors (Lipinski definition) is 20. The first-order valence-electron chi connectivity index (χ1n) is 13.5. The van der Waals surface area contributed by atoms with Gasteiger partial charge < -0.3 is 55.3 Å². The van der Waals surface area contributed by atoms with Crippen LogP contribution in [0.5, 0.6) is 0 Å². The van der Waals surface area contributed by atoms with E-state index in [0.717, 1.165) is 23.5 Å². The monoisotopic (exact) mass is 757 g/mol. The zero-order valence-electron chi connectivity index (χ0n) is 24.1. The second kappa shape index (κ2) is 13.2. The Morgan fingerprint density at radius 1 is 0.735 bits per heavy atom. The van der Waals surface area contributed by atoms with Crippen LogP contribution in [0.4, 0.5) is 5.82 Å². The Labute approximate surface area is 270 Å². The van der Waals surface area contributed by atoms with Gasteiger partial charge >= 0.3 is 23.5 Å². The lowest BCUT2D eigenvalue weighted by molar-refractivity contribution is -0.0510. The minimum absolute atomic E-state index is 0.0114. The van der Waals surface area contributed by atoms with E-state index >= 15 is 0 Å². The van der Waals surface area contributed by atoms with Gasteiger partial charge in [0.15, 0.2) is 35.1 Å². The molecule has 0 bridgehead atoms. The van der Waals surface area contributed by atoms with Crippen LogP contribution in [0.25, 0.3) is 22.3 Å². The lowest BCUT2D eigenvalue weighted by Gasteiger charge is -2.21.